The molecule has 0 amide bonds. The minimum absolute atomic E-state index is 0.384. The van der Waals surface area contributed by atoms with Crippen LogP contribution in [0.2, 0.25) is 0 Å². The lowest BCUT2D eigenvalue weighted by molar-refractivity contribution is 0.370. The number of aryl methyl sites for hydroxylation is 1. The van der Waals surface area contributed by atoms with Crippen molar-refractivity contribution in [2.45, 2.75) is 40.5 Å². The molecule has 1 saturated heterocycles. The molecule has 3 heterocycles. The maximum atomic E-state index is 4.83. The van der Waals surface area contributed by atoms with Gasteiger partial charge in [0.1, 0.15) is 5.65 Å². The Morgan fingerprint density at radius 1 is 1.42 bits per heavy atom. The summed E-state index contributed by atoms with van der Waals surface area (Å²) in [6.45, 7) is 12.7. The zero-order valence-electron chi connectivity index (χ0n) is 15.3. The van der Waals surface area contributed by atoms with Crippen molar-refractivity contribution in [3.05, 3.63) is 35.8 Å². The predicted molar refractivity (Wildman–Crippen MR) is 99.6 cm³/mol. The Morgan fingerprint density at radius 3 is 2.92 bits per heavy atom. The van der Waals surface area contributed by atoms with Crippen molar-refractivity contribution in [1.29, 1.82) is 0 Å². The van der Waals surface area contributed by atoms with Crippen molar-refractivity contribution in [2.75, 3.05) is 26.2 Å². The van der Waals surface area contributed by atoms with Crippen molar-refractivity contribution in [1.82, 2.24) is 19.6 Å². The summed E-state index contributed by atoms with van der Waals surface area (Å²) in [5.41, 5.74) is 3.74. The second-order valence-corrected chi connectivity index (χ2v) is 7.48. The quantitative estimate of drug-likeness (QED) is 0.694. The van der Waals surface area contributed by atoms with Crippen LogP contribution >= 0.6 is 0 Å². The molecule has 0 aromatic carbocycles. The molecule has 1 aliphatic heterocycles. The lowest BCUT2D eigenvalue weighted by Gasteiger charge is -2.23. The number of hydrogen-bond donors (Lipinski definition) is 1. The van der Waals surface area contributed by atoms with Crippen LogP contribution in [0, 0.1) is 12.3 Å². The summed E-state index contributed by atoms with van der Waals surface area (Å²) in [5, 5.41) is 3.43. The Morgan fingerprint density at radius 2 is 2.25 bits per heavy atom. The van der Waals surface area contributed by atoms with Crippen molar-refractivity contribution in [3.8, 4) is 0 Å². The highest BCUT2D eigenvalue weighted by atomic mass is 15.3. The van der Waals surface area contributed by atoms with Crippen molar-refractivity contribution in [3.63, 3.8) is 0 Å². The fourth-order valence-corrected chi connectivity index (χ4v) is 3.32. The third kappa shape index (κ3) is 3.71. The van der Waals surface area contributed by atoms with Gasteiger partial charge in [-0.25, -0.2) is 4.98 Å². The predicted octanol–water partition coefficient (Wildman–Crippen LogP) is 2.88. The minimum atomic E-state index is 0.384. The maximum absolute atomic E-state index is 4.83. The van der Waals surface area contributed by atoms with Crippen LogP contribution in [-0.2, 0) is 6.42 Å². The number of nitrogens with zero attached hydrogens (tertiary/aromatic N) is 4. The van der Waals surface area contributed by atoms with E-state index in [9.17, 15) is 0 Å². The Labute approximate surface area is 144 Å². The molecule has 0 atom stereocenters. The first-order valence-electron chi connectivity index (χ1n) is 8.95. The average Bonchev–Trinajstić information content (AvgIpc) is 3.10. The van der Waals surface area contributed by atoms with E-state index in [0.717, 1.165) is 49.9 Å². The topological polar surface area (TPSA) is 44.9 Å². The van der Waals surface area contributed by atoms with E-state index >= 15 is 0 Å². The highest BCUT2D eigenvalue weighted by Crippen LogP contribution is 2.28. The number of aliphatic imine (C=N–C) groups is 1. The van der Waals surface area contributed by atoms with Gasteiger partial charge >= 0.3 is 0 Å². The van der Waals surface area contributed by atoms with E-state index in [1.54, 1.807) is 0 Å². The van der Waals surface area contributed by atoms with Crippen LogP contribution in [0.25, 0.3) is 5.65 Å². The lowest BCUT2D eigenvalue weighted by Crippen LogP contribution is -2.40. The number of rotatable bonds is 4. The van der Waals surface area contributed by atoms with Crippen LogP contribution < -0.4 is 5.32 Å². The van der Waals surface area contributed by atoms with E-state index < -0.39 is 0 Å². The molecule has 24 heavy (non-hydrogen) atoms. The summed E-state index contributed by atoms with van der Waals surface area (Å²) < 4.78 is 2.10. The fraction of sp³-hybridized carbons (Fsp3) is 0.579. The van der Waals surface area contributed by atoms with Crippen molar-refractivity contribution < 1.29 is 0 Å². The Hall–Kier alpha value is -2.04. The number of imidazole rings is 1. The molecule has 0 spiro atoms. The van der Waals surface area contributed by atoms with Gasteiger partial charge in [-0.05, 0) is 37.3 Å². The minimum Gasteiger partial charge on any atom is -0.357 e. The molecule has 3 rings (SSSR count). The normalized spacial score (nSPS) is 17.7. The first-order chi connectivity index (χ1) is 11.5. The van der Waals surface area contributed by atoms with Crippen LogP contribution in [0.4, 0.5) is 0 Å². The molecule has 0 radical (unpaired) electrons. The zero-order chi connectivity index (χ0) is 17.2. The average molecular weight is 327 g/mol. The van der Waals surface area contributed by atoms with E-state index in [-0.39, 0.29) is 0 Å². The van der Waals surface area contributed by atoms with Crippen LogP contribution in [0.15, 0.2) is 29.5 Å². The van der Waals surface area contributed by atoms with Gasteiger partial charge in [-0.15, -0.1) is 0 Å². The number of fused-ring (bicyclic) bond motifs is 1. The summed E-state index contributed by atoms with van der Waals surface area (Å²) in [7, 11) is 0. The standard InChI is InChI=1S/C19H29N5/c1-5-20-18(24-12-9-19(3,4)14-24)21-10-8-16-13-23-11-6-7-15(2)17(23)22-16/h6-7,11,13H,5,8-10,12,14H2,1-4H3,(H,20,21). The Kier molecular flexibility index (Phi) is 4.78. The molecule has 0 unspecified atom stereocenters. The molecule has 0 aliphatic carbocycles. The molecular weight excluding hydrogens is 298 g/mol. The van der Waals surface area contributed by atoms with Gasteiger partial charge in [0.2, 0.25) is 0 Å². The van der Waals surface area contributed by atoms with E-state index in [2.05, 4.69) is 66.8 Å². The van der Waals surface area contributed by atoms with Crippen LogP contribution in [0.3, 0.4) is 0 Å². The number of guanidine groups is 1. The van der Waals surface area contributed by atoms with Crippen LogP contribution in [0.1, 0.15) is 38.4 Å². The summed E-state index contributed by atoms with van der Waals surface area (Å²) in [5.74, 6) is 1.04. The first kappa shape index (κ1) is 16.8. The van der Waals surface area contributed by atoms with Crippen molar-refractivity contribution >= 4 is 11.6 Å². The first-order valence-corrected chi connectivity index (χ1v) is 8.95. The van der Waals surface area contributed by atoms with E-state index in [0.29, 0.717) is 5.41 Å². The highest BCUT2D eigenvalue weighted by Gasteiger charge is 2.30. The molecule has 1 N–H and O–H groups in total. The second-order valence-electron chi connectivity index (χ2n) is 7.48. The maximum Gasteiger partial charge on any atom is 0.193 e. The highest BCUT2D eigenvalue weighted by molar-refractivity contribution is 5.80. The number of nitrogens with one attached hydrogen (secondary N) is 1. The monoisotopic (exact) mass is 327 g/mol. The smallest absolute Gasteiger partial charge is 0.193 e. The lowest BCUT2D eigenvalue weighted by atomic mass is 9.93. The molecule has 130 valence electrons. The fourth-order valence-electron chi connectivity index (χ4n) is 3.32. The van der Waals surface area contributed by atoms with Crippen LogP contribution in [0.5, 0.6) is 0 Å². The SMILES string of the molecule is CCNC(=NCCc1cn2cccc(C)c2n1)N1CCC(C)(C)C1. The molecule has 0 bridgehead atoms. The third-order valence-corrected chi connectivity index (χ3v) is 4.67. The van der Waals surface area contributed by atoms with Gasteiger partial charge in [0.05, 0.1) is 5.69 Å². The number of pyridine rings is 1. The molecule has 0 saturated carbocycles. The van der Waals surface area contributed by atoms with Crippen LogP contribution in [-0.4, -0.2) is 46.4 Å². The molecule has 2 aromatic heterocycles. The molecule has 1 fully saturated rings. The number of hydrogen-bond acceptors (Lipinski definition) is 2. The molecular formula is C19H29N5. The van der Waals surface area contributed by atoms with Gasteiger partial charge in [0.25, 0.3) is 0 Å². The van der Waals surface area contributed by atoms with Gasteiger partial charge < -0.3 is 14.6 Å². The molecule has 1 aliphatic rings. The number of likely N-dealkylation sites (tertiary alicyclic amines) is 1. The number of aromatic nitrogens is 2. The molecule has 5 heteroatoms. The third-order valence-electron chi connectivity index (χ3n) is 4.67. The second kappa shape index (κ2) is 6.83. The van der Waals surface area contributed by atoms with Gasteiger partial charge in [-0.2, -0.15) is 0 Å². The Bertz CT molecular complexity index is 728. The molecule has 2 aromatic rings. The van der Waals surface area contributed by atoms with Gasteiger partial charge in [0, 0.05) is 45.0 Å². The van der Waals surface area contributed by atoms with Gasteiger partial charge in [-0.1, -0.05) is 19.9 Å². The largest absolute Gasteiger partial charge is 0.357 e. The van der Waals surface area contributed by atoms with E-state index in [1.165, 1.54) is 12.0 Å². The van der Waals surface area contributed by atoms with Gasteiger partial charge in [0.15, 0.2) is 5.96 Å². The molecule has 5 nitrogen and oxygen atoms in total. The zero-order valence-corrected chi connectivity index (χ0v) is 15.3. The summed E-state index contributed by atoms with van der Waals surface area (Å²) in [6, 6.07) is 4.16. The summed E-state index contributed by atoms with van der Waals surface area (Å²) in [6.07, 6.45) is 6.26. The summed E-state index contributed by atoms with van der Waals surface area (Å²) >= 11 is 0. The Balaban J connectivity index is 1.67. The van der Waals surface area contributed by atoms with E-state index in [1.807, 2.05) is 0 Å². The van der Waals surface area contributed by atoms with Crippen molar-refractivity contribution in [2.24, 2.45) is 10.4 Å². The van der Waals surface area contributed by atoms with Gasteiger partial charge in [-0.3, -0.25) is 4.99 Å². The van der Waals surface area contributed by atoms with E-state index in [4.69, 9.17) is 9.98 Å². The summed E-state index contributed by atoms with van der Waals surface area (Å²) in [4.78, 5) is 12.0.